The Balaban J connectivity index is 1.98. The number of carbonyl (C=O) groups excluding carboxylic acids is 1. The third-order valence-corrected chi connectivity index (χ3v) is 4.24. The first-order chi connectivity index (χ1) is 9.99. The molecule has 0 saturated carbocycles. The second-order valence-electron chi connectivity index (χ2n) is 4.49. The van der Waals surface area contributed by atoms with Crippen molar-refractivity contribution in [2.75, 3.05) is 12.4 Å². The Morgan fingerprint density at radius 3 is 2.81 bits per heavy atom. The summed E-state index contributed by atoms with van der Waals surface area (Å²) in [6.45, 7) is 3.80. The second-order valence-corrected chi connectivity index (χ2v) is 5.79. The number of ether oxygens (including phenoxy) is 1. The summed E-state index contributed by atoms with van der Waals surface area (Å²) >= 11 is 7.59. The Morgan fingerprint density at radius 2 is 2.24 bits per heavy atom. The topological polar surface area (TPSA) is 63.2 Å². The van der Waals surface area contributed by atoms with E-state index in [1.165, 1.54) is 11.3 Å². The third-order valence-electron chi connectivity index (χ3n) is 2.78. The Kier molecular flexibility index (Phi) is 5.03. The zero-order valence-electron chi connectivity index (χ0n) is 11.9. The number of anilines is 1. The molecule has 0 spiro atoms. The zero-order valence-corrected chi connectivity index (χ0v) is 13.5. The number of aromatic nitrogens is 1. The highest BCUT2D eigenvalue weighted by atomic mass is 35.5. The largest absolute Gasteiger partial charge is 0.497 e. The van der Waals surface area contributed by atoms with Crippen molar-refractivity contribution in [3.05, 3.63) is 39.3 Å². The van der Waals surface area contributed by atoms with E-state index >= 15 is 0 Å². The number of aryl methyl sites for hydroxylation is 1. The summed E-state index contributed by atoms with van der Waals surface area (Å²) in [5.41, 5.74) is 1.47. The standard InChI is InChI=1S/C14H16ClN3O2S/c1-8-7-21-13(16-8)9(2)17-14(19)18-12-5-4-10(20-3)6-11(12)15/h4-7,9H,1-3H3,(H2,17,18,19). The van der Waals surface area contributed by atoms with Gasteiger partial charge in [0.25, 0.3) is 0 Å². The summed E-state index contributed by atoms with van der Waals surface area (Å²) in [5, 5.41) is 8.76. The number of methoxy groups -OCH3 is 1. The van der Waals surface area contributed by atoms with Crippen LogP contribution >= 0.6 is 22.9 Å². The highest BCUT2D eigenvalue weighted by Crippen LogP contribution is 2.26. The molecule has 1 atom stereocenters. The Hall–Kier alpha value is -1.79. The van der Waals surface area contributed by atoms with Crippen molar-refractivity contribution in [3.8, 4) is 5.75 Å². The molecule has 2 amide bonds. The predicted molar refractivity (Wildman–Crippen MR) is 85.4 cm³/mol. The van der Waals surface area contributed by atoms with Gasteiger partial charge in [0.2, 0.25) is 0 Å². The first-order valence-electron chi connectivity index (χ1n) is 6.32. The predicted octanol–water partition coefficient (Wildman–Crippen LogP) is 4.00. The maximum atomic E-state index is 12.0. The SMILES string of the molecule is COc1ccc(NC(=O)NC(C)c2nc(C)cs2)c(Cl)c1. The molecule has 2 N–H and O–H groups in total. The monoisotopic (exact) mass is 325 g/mol. The summed E-state index contributed by atoms with van der Waals surface area (Å²) in [6, 6.07) is 4.57. The fourth-order valence-corrected chi connectivity index (χ4v) is 2.73. The van der Waals surface area contributed by atoms with E-state index in [0.29, 0.717) is 16.5 Å². The molecule has 0 aliphatic carbocycles. The molecule has 0 bridgehead atoms. The molecule has 0 aliphatic heterocycles. The minimum atomic E-state index is -0.331. The van der Waals surface area contributed by atoms with E-state index in [0.717, 1.165) is 10.7 Å². The number of halogens is 1. The van der Waals surface area contributed by atoms with Gasteiger partial charge >= 0.3 is 6.03 Å². The van der Waals surface area contributed by atoms with Gasteiger partial charge in [-0.05, 0) is 26.0 Å². The van der Waals surface area contributed by atoms with E-state index in [4.69, 9.17) is 16.3 Å². The number of thiazole rings is 1. The van der Waals surface area contributed by atoms with Crippen LogP contribution in [0.25, 0.3) is 0 Å². The molecule has 2 aromatic rings. The van der Waals surface area contributed by atoms with Gasteiger partial charge in [0, 0.05) is 17.1 Å². The van der Waals surface area contributed by atoms with Crippen molar-refractivity contribution in [2.24, 2.45) is 0 Å². The van der Waals surface area contributed by atoms with Crippen LogP contribution in [0.3, 0.4) is 0 Å². The van der Waals surface area contributed by atoms with Gasteiger partial charge in [-0.2, -0.15) is 0 Å². The number of hydrogen-bond donors (Lipinski definition) is 2. The summed E-state index contributed by atoms with van der Waals surface area (Å²) in [7, 11) is 1.56. The minimum Gasteiger partial charge on any atom is -0.497 e. The normalized spacial score (nSPS) is 11.8. The van der Waals surface area contributed by atoms with Crippen molar-refractivity contribution in [3.63, 3.8) is 0 Å². The average Bonchev–Trinajstić information content (AvgIpc) is 2.87. The van der Waals surface area contributed by atoms with Crippen molar-refractivity contribution in [1.29, 1.82) is 0 Å². The van der Waals surface area contributed by atoms with Gasteiger partial charge in [-0.1, -0.05) is 11.6 Å². The Morgan fingerprint density at radius 1 is 1.48 bits per heavy atom. The Labute approximate surface area is 132 Å². The molecule has 2 rings (SSSR count). The molecule has 1 heterocycles. The lowest BCUT2D eigenvalue weighted by molar-refractivity contribution is 0.249. The van der Waals surface area contributed by atoms with Crippen molar-refractivity contribution in [2.45, 2.75) is 19.9 Å². The summed E-state index contributed by atoms with van der Waals surface area (Å²) in [6.07, 6.45) is 0. The lowest BCUT2D eigenvalue weighted by Crippen LogP contribution is -2.31. The maximum absolute atomic E-state index is 12.0. The number of hydrogen-bond acceptors (Lipinski definition) is 4. The molecule has 0 aliphatic rings. The summed E-state index contributed by atoms with van der Waals surface area (Å²) in [4.78, 5) is 16.3. The molecule has 112 valence electrons. The van der Waals surface area contributed by atoms with E-state index < -0.39 is 0 Å². The lowest BCUT2D eigenvalue weighted by atomic mass is 10.3. The number of urea groups is 1. The van der Waals surface area contributed by atoms with Crippen molar-refractivity contribution < 1.29 is 9.53 Å². The van der Waals surface area contributed by atoms with Gasteiger partial charge < -0.3 is 15.4 Å². The highest BCUT2D eigenvalue weighted by molar-refractivity contribution is 7.09. The van der Waals surface area contributed by atoms with Crippen LogP contribution in [-0.2, 0) is 0 Å². The quantitative estimate of drug-likeness (QED) is 0.893. The minimum absolute atomic E-state index is 0.166. The smallest absolute Gasteiger partial charge is 0.319 e. The molecule has 0 saturated heterocycles. The van der Waals surface area contributed by atoms with Crippen LogP contribution in [0, 0.1) is 6.92 Å². The molecule has 5 nitrogen and oxygen atoms in total. The number of amides is 2. The van der Waals surface area contributed by atoms with Gasteiger partial charge in [-0.25, -0.2) is 9.78 Å². The highest BCUT2D eigenvalue weighted by Gasteiger charge is 2.13. The van der Waals surface area contributed by atoms with E-state index in [1.807, 2.05) is 19.2 Å². The molecule has 0 radical (unpaired) electrons. The van der Waals surface area contributed by atoms with Crippen molar-refractivity contribution >= 4 is 34.7 Å². The van der Waals surface area contributed by atoms with Gasteiger partial charge in [0.1, 0.15) is 10.8 Å². The number of nitrogens with one attached hydrogen (secondary N) is 2. The zero-order chi connectivity index (χ0) is 15.4. The summed E-state index contributed by atoms with van der Waals surface area (Å²) in [5.74, 6) is 0.637. The van der Waals surface area contributed by atoms with Crippen LogP contribution in [0.5, 0.6) is 5.75 Å². The maximum Gasteiger partial charge on any atom is 0.319 e. The first kappa shape index (κ1) is 15.6. The molecule has 1 unspecified atom stereocenters. The molecule has 1 aromatic heterocycles. The fraction of sp³-hybridized carbons (Fsp3) is 0.286. The Bertz CT molecular complexity index is 645. The third kappa shape index (κ3) is 4.09. The number of benzene rings is 1. The number of rotatable bonds is 4. The van der Waals surface area contributed by atoms with Crippen LogP contribution in [0.1, 0.15) is 23.7 Å². The van der Waals surface area contributed by atoms with E-state index in [-0.39, 0.29) is 12.1 Å². The number of nitrogens with zero attached hydrogens (tertiary/aromatic N) is 1. The van der Waals surface area contributed by atoms with Crippen molar-refractivity contribution in [1.82, 2.24) is 10.3 Å². The van der Waals surface area contributed by atoms with Crippen LogP contribution in [0.15, 0.2) is 23.6 Å². The van der Waals surface area contributed by atoms with Crippen LogP contribution < -0.4 is 15.4 Å². The van der Waals surface area contributed by atoms with Crippen LogP contribution in [0.2, 0.25) is 5.02 Å². The lowest BCUT2D eigenvalue weighted by Gasteiger charge is -2.13. The van der Waals surface area contributed by atoms with Gasteiger partial charge in [0.15, 0.2) is 0 Å². The van der Waals surface area contributed by atoms with Gasteiger partial charge in [0.05, 0.1) is 23.9 Å². The van der Waals surface area contributed by atoms with E-state index in [9.17, 15) is 4.79 Å². The van der Waals surface area contributed by atoms with E-state index in [1.54, 1.807) is 25.3 Å². The number of carbonyl (C=O) groups is 1. The van der Waals surface area contributed by atoms with Gasteiger partial charge in [-0.3, -0.25) is 0 Å². The van der Waals surface area contributed by atoms with E-state index in [2.05, 4.69) is 15.6 Å². The van der Waals surface area contributed by atoms with Gasteiger partial charge in [-0.15, -0.1) is 11.3 Å². The molecule has 7 heteroatoms. The molecule has 1 aromatic carbocycles. The van der Waals surface area contributed by atoms with Crippen LogP contribution in [0.4, 0.5) is 10.5 Å². The molecular weight excluding hydrogens is 310 g/mol. The van der Waals surface area contributed by atoms with Crippen LogP contribution in [-0.4, -0.2) is 18.1 Å². The summed E-state index contributed by atoms with van der Waals surface area (Å²) < 4.78 is 5.06. The first-order valence-corrected chi connectivity index (χ1v) is 7.58. The molecular formula is C14H16ClN3O2S. The average molecular weight is 326 g/mol. The molecule has 21 heavy (non-hydrogen) atoms. The second kappa shape index (κ2) is 6.78. The fourth-order valence-electron chi connectivity index (χ4n) is 1.71. The molecule has 0 fully saturated rings.